The molecule has 5 nitrogen and oxygen atoms in total. The third-order valence-corrected chi connectivity index (χ3v) is 4.62. The van der Waals surface area contributed by atoms with Crippen molar-refractivity contribution in [3.8, 4) is 0 Å². The van der Waals surface area contributed by atoms with Gasteiger partial charge in [0.25, 0.3) is 0 Å². The minimum Gasteiger partial charge on any atom is -0.394 e. The number of halogens is 3. The Kier molecular flexibility index (Phi) is 4.49. The number of aliphatic hydroxyl groups is 3. The molecule has 0 radical (unpaired) electrons. The number of hydrogen-bond acceptors (Lipinski definition) is 5. The highest BCUT2D eigenvalue weighted by atomic mass is 35.5. The van der Waals surface area contributed by atoms with Crippen molar-refractivity contribution in [1.29, 1.82) is 0 Å². The molecule has 118 valence electrons. The lowest BCUT2D eigenvalue weighted by Crippen LogP contribution is -2.32. The lowest BCUT2D eigenvalue weighted by molar-refractivity contribution is -0.0223. The molecule has 4 atom stereocenters. The number of aromatic nitrogens is 1. The van der Waals surface area contributed by atoms with Gasteiger partial charge < -0.3 is 20.1 Å². The van der Waals surface area contributed by atoms with Gasteiger partial charge in [-0.15, -0.1) is 0 Å². The molecule has 1 aromatic heterocycles. The van der Waals surface area contributed by atoms with E-state index >= 15 is 0 Å². The predicted octanol–water partition coefficient (Wildman–Crippen LogP) is 2.35. The molecule has 0 bridgehead atoms. The van der Waals surface area contributed by atoms with Gasteiger partial charge in [0, 0.05) is 5.39 Å². The molecular formula is C14H12Cl3NO4. The third-order valence-electron chi connectivity index (χ3n) is 3.70. The average Bonchev–Trinajstić information content (AvgIpc) is 2.76. The summed E-state index contributed by atoms with van der Waals surface area (Å²) in [5.41, 5.74) is 1.02. The number of hydrogen-bond donors (Lipinski definition) is 3. The van der Waals surface area contributed by atoms with E-state index in [0.717, 1.165) is 0 Å². The van der Waals surface area contributed by atoms with E-state index in [-0.39, 0.29) is 5.15 Å². The number of fused-ring (bicyclic) bond motifs is 1. The molecule has 2 heterocycles. The minimum absolute atomic E-state index is 0.193. The molecule has 1 saturated heterocycles. The van der Waals surface area contributed by atoms with Gasteiger partial charge in [0.2, 0.25) is 0 Å². The fourth-order valence-electron chi connectivity index (χ4n) is 2.61. The van der Waals surface area contributed by atoms with Gasteiger partial charge in [-0.05, 0) is 23.8 Å². The van der Waals surface area contributed by atoms with Gasteiger partial charge >= 0.3 is 0 Å². The Labute approximate surface area is 141 Å². The van der Waals surface area contributed by atoms with Crippen molar-refractivity contribution < 1.29 is 20.1 Å². The Morgan fingerprint density at radius 3 is 2.36 bits per heavy atom. The molecule has 4 unspecified atom stereocenters. The van der Waals surface area contributed by atoms with Gasteiger partial charge in [-0.3, -0.25) is 0 Å². The van der Waals surface area contributed by atoms with Crippen molar-refractivity contribution in [1.82, 2.24) is 4.98 Å². The summed E-state index contributed by atoms with van der Waals surface area (Å²) < 4.78 is 5.54. The molecule has 0 aliphatic carbocycles. The first-order valence-electron chi connectivity index (χ1n) is 6.50. The van der Waals surface area contributed by atoms with Crippen LogP contribution in [0.25, 0.3) is 10.9 Å². The average molecular weight is 365 g/mol. The van der Waals surface area contributed by atoms with Crippen LogP contribution in [0.1, 0.15) is 11.7 Å². The summed E-state index contributed by atoms with van der Waals surface area (Å²) in [6.07, 6.45) is -4.12. The molecule has 0 saturated carbocycles. The van der Waals surface area contributed by atoms with E-state index in [1.54, 1.807) is 12.1 Å². The SMILES string of the molecule is OCC1OC(c2cc(Cl)nc3cc(Cl)c(Cl)cc23)C(O)C1O. The number of aliphatic hydroxyl groups excluding tert-OH is 3. The Hall–Kier alpha value is -0.660. The summed E-state index contributed by atoms with van der Waals surface area (Å²) in [5, 5.41) is 30.7. The molecule has 1 aromatic carbocycles. The zero-order chi connectivity index (χ0) is 16.0. The topological polar surface area (TPSA) is 82.8 Å². The maximum absolute atomic E-state index is 10.2. The summed E-state index contributed by atoms with van der Waals surface area (Å²) in [6, 6.07) is 4.71. The van der Waals surface area contributed by atoms with Crippen LogP contribution in [0.3, 0.4) is 0 Å². The zero-order valence-corrected chi connectivity index (χ0v) is 13.3. The van der Waals surface area contributed by atoms with Crippen molar-refractivity contribution in [2.45, 2.75) is 24.4 Å². The molecule has 8 heteroatoms. The van der Waals surface area contributed by atoms with Crippen LogP contribution in [0.15, 0.2) is 18.2 Å². The van der Waals surface area contributed by atoms with Crippen LogP contribution >= 0.6 is 34.8 Å². The molecule has 22 heavy (non-hydrogen) atoms. The summed E-state index contributed by atoms with van der Waals surface area (Å²) in [4.78, 5) is 4.17. The third kappa shape index (κ3) is 2.67. The van der Waals surface area contributed by atoms with E-state index < -0.39 is 31.0 Å². The number of benzene rings is 1. The summed E-state index contributed by atoms with van der Waals surface area (Å²) in [6.45, 7) is -0.405. The van der Waals surface area contributed by atoms with Crippen LogP contribution in [0, 0.1) is 0 Å². The molecule has 3 rings (SSSR count). The van der Waals surface area contributed by atoms with Gasteiger partial charge in [-0.2, -0.15) is 0 Å². The quantitative estimate of drug-likeness (QED) is 0.713. The van der Waals surface area contributed by atoms with E-state index in [4.69, 9.17) is 39.5 Å². The van der Waals surface area contributed by atoms with Crippen molar-refractivity contribution in [2.24, 2.45) is 0 Å². The lowest BCUT2D eigenvalue weighted by Gasteiger charge is -2.18. The summed E-state index contributed by atoms with van der Waals surface area (Å²) in [7, 11) is 0. The van der Waals surface area contributed by atoms with E-state index in [2.05, 4.69) is 4.98 Å². The number of rotatable bonds is 2. The second kappa shape index (κ2) is 6.09. The molecular weight excluding hydrogens is 353 g/mol. The Bertz CT molecular complexity index is 727. The molecule has 1 aliphatic rings. The van der Waals surface area contributed by atoms with Gasteiger partial charge in [-0.1, -0.05) is 34.8 Å². The highest BCUT2D eigenvalue weighted by Crippen LogP contribution is 2.39. The second-order valence-electron chi connectivity index (χ2n) is 5.08. The first kappa shape index (κ1) is 16.2. The molecule has 1 aliphatic heterocycles. The zero-order valence-electron chi connectivity index (χ0n) is 11.1. The highest BCUT2D eigenvalue weighted by Gasteiger charge is 2.43. The van der Waals surface area contributed by atoms with Crippen molar-refractivity contribution in [3.05, 3.63) is 39.0 Å². The molecule has 0 amide bonds. The van der Waals surface area contributed by atoms with Crippen molar-refractivity contribution in [3.63, 3.8) is 0 Å². The maximum atomic E-state index is 10.2. The van der Waals surface area contributed by atoms with Crippen molar-refractivity contribution >= 4 is 45.7 Å². The van der Waals surface area contributed by atoms with Gasteiger partial charge in [0.05, 0.1) is 22.2 Å². The van der Waals surface area contributed by atoms with Crippen LogP contribution in [-0.2, 0) is 4.74 Å². The Morgan fingerprint density at radius 2 is 1.73 bits per heavy atom. The smallest absolute Gasteiger partial charge is 0.130 e. The summed E-state index contributed by atoms with van der Waals surface area (Å²) in [5.74, 6) is 0. The van der Waals surface area contributed by atoms with E-state index in [0.29, 0.717) is 26.5 Å². The van der Waals surface area contributed by atoms with Crippen LogP contribution < -0.4 is 0 Å². The first-order valence-corrected chi connectivity index (χ1v) is 7.63. The second-order valence-corrected chi connectivity index (χ2v) is 6.28. The van der Waals surface area contributed by atoms with Gasteiger partial charge in [0.15, 0.2) is 0 Å². The molecule has 0 spiro atoms. The fourth-order valence-corrected chi connectivity index (χ4v) is 3.14. The normalized spacial score (nSPS) is 28.5. The van der Waals surface area contributed by atoms with Gasteiger partial charge in [0.1, 0.15) is 29.6 Å². The van der Waals surface area contributed by atoms with Crippen LogP contribution in [0.4, 0.5) is 0 Å². The number of pyridine rings is 1. The Morgan fingerprint density at radius 1 is 1.05 bits per heavy atom. The fraction of sp³-hybridized carbons (Fsp3) is 0.357. The van der Waals surface area contributed by atoms with Crippen LogP contribution in [0.2, 0.25) is 15.2 Å². The molecule has 2 aromatic rings. The van der Waals surface area contributed by atoms with Gasteiger partial charge in [-0.25, -0.2) is 4.98 Å². The number of ether oxygens (including phenoxy) is 1. The van der Waals surface area contributed by atoms with Crippen molar-refractivity contribution in [2.75, 3.05) is 6.61 Å². The lowest BCUT2D eigenvalue weighted by atomic mass is 9.98. The largest absolute Gasteiger partial charge is 0.394 e. The summed E-state index contributed by atoms with van der Waals surface area (Å²) >= 11 is 18.0. The standard InChI is InChI=1S/C14H12Cl3NO4/c15-7-1-5-6(2-11(17)18-9(5)3-8(7)16)14-13(21)12(20)10(4-19)22-14/h1-3,10,12-14,19-21H,4H2. The minimum atomic E-state index is -1.20. The van der Waals surface area contributed by atoms with E-state index in [1.165, 1.54) is 6.07 Å². The van der Waals surface area contributed by atoms with Crippen LogP contribution in [-0.4, -0.2) is 45.2 Å². The highest BCUT2D eigenvalue weighted by molar-refractivity contribution is 6.42. The monoisotopic (exact) mass is 363 g/mol. The number of nitrogens with zero attached hydrogens (tertiary/aromatic N) is 1. The van der Waals surface area contributed by atoms with E-state index in [9.17, 15) is 15.3 Å². The first-order chi connectivity index (χ1) is 10.4. The van der Waals surface area contributed by atoms with Crippen LogP contribution in [0.5, 0.6) is 0 Å². The maximum Gasteiger partial charge on any atom is 0.130 e. The molecule has 3 N–H and O–H groups in total. The van der Waals surface area contributed by atoms with E-state index in [1.807, 2.05) is 0 Å². The molecule has 1 fully saturated rings. The predicted molar refractivity (Wildman–Crippen MR) is 83.5 cm³/mol. The Balaban J connectivity index is 2.16.